The Morgan fingerprint density at radius 1 is 0.913 bits per heavy atom. The first kappa shape index (κ1) is 15.8. The molecule has 3 rings (SSSR count). The number of hydrogen-bond acceptors (Lipinski definition) is 1. The minimum atomic E-state index is -0.0836. The molecule has 23 heavy (non-hydrogen) atoms. The fraction of sp³-hybridized carbons (Fsp3) is 0.381. The summed E-state index contributed by atoms with van der Waals surface area (Å²) < 4.78 is 0. The normalized spacial score (nSPS) is 16.2. The maximum absolute atomic E-state index is 11.8. The van der Waals surface area contributed by atoms with Crippen LogP contribution in [0.5, 0.6) is 0 Å². The van der Waals surface area contributed by atoms with Crippen molar-refractivity contribution in [3.05, 3.63) is 71.8 Å². The summed E-state index contributed by atoms with van der Waals surface area (Å²) in [7, 11) is 0. The first-order chi connectivity index (χ1) is 11.3. The first-order valence-corrected chi connectivity index (χ1v) is 8.67. The molecule has 0 aromatic heterocycles. The second-order valence-corrected chi connectivity index (χ2v) is 6.49. The molecule has 0 unspecified atom stereocenters. The van der Waals surface area contributed by atoms with Gasteiger partial charge in [0.15, 0.2) is 0 Å². The summed E-state index contributed by atoms with van der Waals surface area (Å²) in [6.45, 7) is 0.827. The van der Waals surface area contributed by atoms with Crippen molar-refractivity contribution in [2.45, 2.75) is 44.1 Å². The van der Waals surface area contributed by atoms with Crippen LogP contribution in [-0.4, -0.2) is 17.9 Å². The van der Waals surface area contributed by atoms with E-state index >= 15 is 0 Å². The molecular formula is C21H25NO. The van der Waals surface area contributed by atoms with E-state index in [1.54, 1.807) is 0 Å². The molecule has 0 radical (unpaired) electrons. The highest BCUT2D eigenvalue weighted by Crippen LogP contribution is 2.43. The molecule has 1 fully saturated rings. The molecule has 2 aromatic rings. The van der Waals surface area contributed by atoms with Crippen molar-refractivity contribution < 1.29 is 4.79 Å². The number of nitrogens with zero attached hydrogens (tertiary/aromatic N) is 1. The Kier molecular flexibility index (Phi) is 5.12. The highest BCUT2D eigenvalue weighted by atomic mass is 16.1. The van der Waals surface area contributed by atoms with E-state index in [4.69, 9.17) is 0 Å². The number of hydrogen-bond donors (Lipinski definition) is 0. The summed E-state index contributed by atoms with van der Waals surface area (Å²) in [5.74, 6) is 0. The lowest BCUT2D eigenvalue weighted by Crippen LogP contribution is -2.44. The van der Waals surface area contributed by atoms with Crippen LogP contribution in [0.3, 0.4) is 0 Å². The van der Waals surface area contributed by atoms with Gasteiger partial charge in [0.25, 0.3) is 0 Å². The van der Waals surface area contributed by atoms with Crippen LogP contribution in [0.25, 0.3) is 0 Å². The van der Waals surface area contributed by atoms with Crippen molar-refractivity contribution in [1.29, 1.82) is 0 Å². The average molecular weight is 307 g/mol. The number of carbonyl (C=O) groups is 1. The maximum Gasteiger partial charge on any atom is 0.210 e. The summed E-state index contributed by atoms with van der Waals surface area (Å²) in [5.41, 5.74) is 2.56. The molecule has 1 saturated carbocycles. The molecule has 0 saturated heterocycles. The fourth-order valence-electron chi connectivity index (χ4n) is 3.92. The van der Waals surface area contributed by atoms with Crippen LogP contribution in [0.1, 0.15) is 43.2 Å². The molecule has 1 amide bonds. The zero-order chi connectivity index (χ0) is 16.0. The van der Waals surface area contributed by atoms with Gasteiger partial charge in [-0.2, -0.15) is 0 Å². The van der Waals surface area contributed by atoms with Crippen LogP contribution in [0.4, 0.5) is 0 Å². The third-order valence-electron chi connectivity index (χ3n) is 5.13. The number of amides is 1. The molecule has 1 aliphatic carbocycles. The SMILES string of the molecule is O=CN(CCCc1ccccc1)C1(c2ccccc2)CCCC1. The second kappa shape index (κ2) is 7.45. The van der Waals surface area contributed by atoms with Crippen molar-refractivity contribution >= 4 is 6.41 Å². The number of benzene rings is 2. The summed E-state index contributed by atoms with van der Waals surface area (Å²) in [4.78, 5) is 13.9. The molecule has 120 valence electrons. The van der Waals surface area contributed by atoms with Gasteiger partial charge in [-0.05, 0) is 36.8 Å². The van der Waals surface area contributed by atoms with Crippen LogP contribution in [0, 0.1) is 0 Å². The molecule has 0 heterocycles. The largest absolute Gasteiger partial charge is 0.336 e. The summed E-state index contributed by atoms with van der Waals surface area (Å²) in [5, 5.41) is 0. The maximum atomic E-state index is 11.8. The van der Waals surface area contributed by atoms with Crippen LogP contribution in [-0.2, 0) is 16.8 Å². The van der Waals surface area contributed by atoms with Crippen LogP contribution >= 0.6 is 0 Å². The second-order valence-electron chi connectivity index (χ2n) is 6.49. The Balaban J connectivity index is 1.71. The van der Waals surface area contributed by atoms with Gasteiger partial charge >= 0.3 is 0 Å². The molecule has 0 atom stereocenters. The Hall–Kier alpha value is -2.09. The van der Waals surface area contributed by atoms with E-state index < -0.39 is 0 Å². The van der Waals surface area contributed by atoms with E-state index in [0.29, 0.717) is 0 Å². The molecular weight excluding hydrogens is 282 g/mol. The minimum Gasteiger partial charge on any atom is -0.336 e. The molecule has 0 spiro atoms. The molecule has 0 bridgehead atoms. The highest BCUT2D eigenvalue weighted by molar-refractivity contribution is 5.51. The van der Waals surface area contributed by atoms with E-state index in [1.807, 2.05) is 12.1 Å². The topological polar surface area (TPSA) is 20.3 Å². The van der Waals surface area contributed by atoms with Crippen molar-refractivity contribution in [3.8, 4) is 0 Å². The average Bonchev–Trinajstić information content (AvgIpc) is 3.11. The predicted molar refractivity (Wildman–Crippen MR) is 94.1 cm³/mol. The molecule has 0 N–H and O–H groups in total. The van der Waals surface area contributed by atoms with Gasteiger partial charge in [0, 0.05) is 6.54 Å². The Labute approximate surface area is 139 Å². The van der Waals surface area contributed by atoms with E-state index in [2.05, 4.69) is 53.4 Å². The minimum absolute atomic E-state index is 0.0836. The molecule has 1 aliphatic rings. The lowest BCUT2D eigenvalue weighted by Gasteiger charge is -2.39. The molecule has 0 aliphatic heterocycles. The van der Waals surface area contributed by atoms with E-state index in [1.165, 1.54) is 24.0 Å². The summed E-state index contributed by atoms with van der Waals surface area (Å²) >= 11 is 0. The third-order valence-corrected chi connectivity index (χ3v) is 5.13. The number of aryl methyl sites for hydroxylation is 1. The van der Waals surface area contributed by atoms with E-state index in [9.17, 15) is 4.79 Å². The zero-order valence-electron chi connectivity index (χ0n) is 13.7. The van der Waals surface area contributed by atoms with E-state index in [-0.39, 0.29) is 5.54 Å². The monoisotopic (exact) mass is 307 g/mol. The number of carbonyl (C=O) groups excluding carboxylic acids is 1. The van der Waals surface area contributed by atoms with Gasteiger partial charge in [-0.15, -0.1) is 0 Å². The summed E-state index contributed by atoms with van der Waals surface area (Å²) in [6.07, 6.45) is 7.69. The Morgan fingerprint density at radius 2 is 1.52 bits per heavy atom. The van der Waals surface area contributed by atoms with Gasteiger partial charge < -0.3 is 4.90 Å². The lowest BCUT2D eigenvalue weighted by atomic mass is 9.86. The fourth-order valence-corrected chi connectivity index (χ4v) is 3.92. The van der Waals surface area contributed by atoms with Gasteiger partial charge in [0.05, 0.1) is 5.54 Å². The van der Waals surface area contributed by atoms with Crippen LogP contribution in [0.15, 0.2) is 60.7 Å². The zero-order valence-corrected chi connectivity index (χ0v) is 13.7. The van der Waals surface area contributed by atoms with Gasteiger partial charge in [-0.3, -0.25) is 4.79 Å². The van der Waals surface area contributed by atoms with Gasteiger partial charge in [0.2, 0.25) is 6.41 Å². The van der Waals surface area contributed by atoms with Crippen molar-refractivity contribution in [2.24, 2.45) is 0 Å². The third kappa shape index (κ3) is 3.47. The van der Waals surface area contributed by atoms with Crippen molar-refractivity contribution in [3.63, 3.8) is 0 Å². The van der Waals surface area contributed by atoms with Gasteiger partial charge in [0.1, 0.15) is 0 Å². The van der Waals surface area contributed by atoms with Crippen molar-refractivity contribution in [2.75, 3.05) is 6.54 Å². The Bertz CT molecular complexity index is 602. The van der Waals surface area contributed by atoms with Crippen molar-refractivity contribution in [1.82, 2.24) is 4.90 Å². The standard InChI is InChI=1S/C21H25NO/c23-18-22(17-9-12-19-10-3-1-4-11-19)21(15-7-8-16-21)20-13-5-2-6-14-20/h1-6,10-11,13-14,18H,7-9,12,15-17H2. The number of rotatable bonds is 7. The highest BCUT2D eigenvalue weighted by Gasteiger charge is 2.40. The van der Waals surface area contributed by atoms with Gasteiger partial charge in [-0.25, -0.2) is 0 Å². The smallest absolute Gasteiger partial charge is 0.210 e. The first-order valence-electron chi connectivity index (χ1n) is 8.67. The summed E-state index contributed by atoms with van der Waals surface area (Å²) in [6, 6.07) is 21.1. The van der Waals surface area contributed by atoms with E-state index in [0.717, 1.165) is 38.6 Å². The quantitative estimate of drug-likeness (QED) is 0.687. The van der Waals surface area contributed by atoms with Crippen LogP contribution < -0.4 is 0 Å². The molecule has 2 heteroatoms. The lowest BCUT2D eigenvalue weighted by molar-refractivity contribution is -0.124. The van der Waals surface area contributed by atoms with Gasteiger partial charge in [-0.1, -0.05) is 73.5 Å². The molecule has 2 nitrogen and oxygen atoms in total. The Morgan fingerprint density at radius 3 is 2.13 bits per heavy atom. The molecule has 2 aromatic carbocycles. The predicted octanol–water partition coefficient (Wildman–Crippen LogP) is 4.55. The van der Waals surface area contributed by atoms with Crippen LogP contribution in [0.2, 0.25) is 0 Å².